The first-order chi connectivity index (χ1) is 6.27. The standard InChI is InChI=1S/C11H15NS/c1-8(2)9-3-4-10-11(7-9)13-6-5-12-10/h3-4,7-8,12H,5-6H2,1-2H3. The summed E-state index contributed by atoms with van der Waals surface area (Å²) in [6.07, 6.45) is 0. The van der Waals surface area contributed by atoms with Crippen molar-refractivity contribution in [1.82, 2.24) is 0 Å². The van der Waals surface area contributed by atoms with Gasteiger partial charge in [0.2, 0.25) is 0 Å². The molecule has 0 spiro atoms. The Balaban J connectivity index is 2.35. The maximum Gasteiger partial charge on any atom is 0.0478 e. The van der Waals surface area contributed by atoms with Crippen molar-refractivity contribution >= 4 is 17.4 Å². The van der Waals surface area contributed by atoms with Crippen LogP contribution in [0.2, 0.25) is 0 Å². The molecule has 1 aromatic carbocycles. The van der Waals surface area contributed by atoms with Crippen LogP contribution in [-0.4, -0.2) is 12.3 Å². The van der Waals surface area contributed by atoms with Gasteiger partial charge in [0.05, 0.1) is 0 Å². The third-order valence-corrected chi connectivity index (χ3v) is 3.40. The lowest BCUT2D eigenvalue weighted by atomic mass is 10.0. The first-order valence-corrected chi connectivity index (χ1v) is 5.76. The molecule has 0 saturated heterocycles. The highest BCUT2D eigenvalue weighted by Gasteiger charge is 2.10. The average molecular weight is 193 g/mol. The Morgan fingerprint density at radius 1 is 1.38 bits per heavy atom. The van der Waals surface area contributed by atoms with Crippen LogP contribution in [0.5, 0.6) is 0 Å². The fourth-order valence-corrected chi connectivity index (χ4v) is 2.45. The number of nitrogens with one attached hydrogen (secondary N) is 1. The van der Waals surface area contributed by atoms with Gasteiger partial charge in [0, 0.05) is 22.9 Å². The van der Waals surface area contributed by atoms with Crippen LogP contribution in [0.1, 0.15) is 25.3 Å². The first-order valence-electron chi connectivity index (χ1n) is 4.78. The van der Waals surface area contributed by atoms with Crippen molar-refractivity contribution in [3.63, 3.8) is 0 Å². The summed E-state index contributed by atoms with van der Waals surface area (Å²) in [7, 11) is 0. The van der Waals surface area contributed by atoms with Crippen LogP contribution < -0.4 is 5.32 Å². The molecule has 2 heteroatoms. The number of fused-ring (bicyclic) bond motifs is 1. The molecule has 0 fully saturated rings. The van der Waals surface area contributed by atoms with Gasteiger partial charge in [-0.05, 0) is 23.6 Å². The second-order valence-corrected chi connectivity index (χ2v) is 4.82. The molecule has 0 aliphatic carbocycles. The van der Waals surface area contributed by atoms with Crippen molar-refractivity contribution in [3.05, 3.63) is 23.8 Å². The Morgan fingerprint density at radius 3 is 3.00 bits per heavy atom. The van der Waals surface area contributed by atoms with E-state index in [1.165, 1.54) is 21.9 Å². The number of rotatable bonds is 1. The van der Waals surface area contributed by atoms with E-state index in [0.29, 0.717) is 5.92 Å². The van der Waals surface area contributed by atoms with Gasteiger partial charge in [-0.15, -0.1) is 11.8 Å². The van der Waals surface area contributed by atoms with Crippen molar-refractivity contribution in [2.45, 2.75) is 24.7 Å². The summed E-state index contributed by atoms with van der Waals surface area (Å²) < 4.78 is 0. The minimum atomic E-state index is 0.632. The molecule has 0 radical (unpaired) electrons. The van der Waals surface area contributed by atoms with Gasteiger partial charge in [0.15, 0.2) is 0 Å². The van der Waals surface area contributed by atoms with Crippen molar-refractivity contribution in [2.75, 3.05) is 17.6 Å². The molecule has 0 bridgehead atoms. The van der Waals surface area contributed by atoms with Crippen LogP contribution in [0, 0.1) is 0 Å². The minimum Gasteiger partial charge on any atom is -0.383 e. The molecule has 0 aromatic heterocycles. The summed E-state index contributed by atoms with van der Waals surface area (Å²) in [5.41, 5.74) is 2.75. The van der Waals surface area contributed by atoms with Gasteiger partial charge in [-0.1, -0.05) is 19.9 Å². The van der Waals surface area contributed by atoms with Gasteiger partial charge in [0.25, 0.3) is 0 Å². The zero-order valence-electron chi connectivity index (χ0n) is 8.13. The maximum atomic E-state index is 3.41. The molecule has 0 unspecified atom stereocenters. The largest absolute Gasteiger partial charge is 0.383 e. The first kappa shape index (κ1) is 8.95. The predicted molar refractivity (Wildman–Crippen MR) is 59.7 cm³/mol. The van der Waals surface area contributed by atoms with E-state index in [1.54, 1.807) is 0 Å². The van der Waals surface area contributed by atoms with Crippen LogP contribution in [0.25, 0.3) is 0 Å². The lowest BCUT2D eigenvalue weighted by Crippen LogP contribution is -2.10. The third kappa shape index (κ3) is 1.83. The Labute approximate surface area is 83.9 Å². The van der Waals surface area contributed by atoms with Crippen molar-refractivity contribution < 1.29 is 0 Å². The van der Waals surface area contributed by atoms with Gasteiger partial charge in [-0.2, -0.15) is 0 Å². The predicted octanol–water partition coefficient (Wildman–Crippen LogP) is 3.33. The molecular weight excluding hydrogens is 178 g/mol. The summed E-state index contributed by atoms with van der Waals surface area (Å²) in [4.78, 5) is 1.41. The van der Waals surface area contributed by atoms with Crippen LogP contribution in [0.3, 0.4) is 0 Å². The van der Waals surface area contributed by atoms with Crippen molar-refractivity contribution in [2.24, 2.45) is 0 Å². The lowest BCUT2D eigenvalue weighted by Gasteiger charge is -2.18. The average Bonchev–Trinajstić information content (AvgIpc) is 2.17. The van der Waals surface area contributed by atoms with E-state index < -0.39 is 0 Å². The van der Waals surface area contributed by atoms with Gasteiger partial charge in [0.1, 0.15) is 0 Å². The van der Waals surface area contributed by atoms with E-state index in [0.717, 1.165) is 6.54 Å². The van der Waals surface area contributed by atoms with E-state index in [9.17, 15) is 0 Å². The summed E-state index contributed by atoms with van der Waals surface area (Å²) in [5, 5.41) is 3.41. The number of hydrogen-bond acceptors (Lipinski definition) is 2. The fraction of sp³-hybridized carbons (Fsp3) is 0.455. The van der Waals surface area contributed by atoms with E-state index in [4.69, 9.17) is 0 Å². The Morgan fingerprint density at radius 2 is 2.23 bits per heavy atom. The quantitative estimate of drug-likeness (QED) is 0.734. The molecule has 0 amide bonds. The SMILES string of the molecule is CC(C)c1ccc2c(c1)SCCN2. The van der Waals surface area contributed by atoms with E-state index in [2.05, 4.69) is 37.4 Å². The summed E-state index contributed by atoms with van der Waals surface area (Å²) >= 11 is 1.96. The molecule has 0 atom stereocenters. The van der Waals surface area contributed by atoms with Crippen molar-refractivity contribution in [1.29, 1.82) is 0 Å². The van der Waals surface area contributed by atoms with Crippen LogP contribution in [0.15, 0.2) is 23.1 Å². The Hall–Kier alpha value is -0.630. The van der Waals surface area contributed by atoms with Crippen molar-refractivity contribution in [3.8, 4) is 0 Å². The third-order valence-electron chi connectivity index (χ3n) is 2.35. The zero-order chi connectivity index (χ0) is 9.26. The minimum absolute atomic E-state index is 0.632. The molecule has 1 N–H and O–H groups in total. The van der Waals surface area contributed by atoms with Gasteiger partial charge >= 0.3 is 0 Å². The second-order valence-electron chi connectivity index (χ2n) is 3.69. The summed E-state index contributed by atoms with van der Waals surface area (Å²) in [6, 6.07) is 6.75. The zero-order valence-corrected chi connectivity index (χ0v) is 8.95. The molecule has 70 valence electrons. The second kappa shape index (κ2) is 3.62. The van der Waals surface area contributed by atoms with Gasteiger partial charge in [-0.3, -0.25) is 0 Å². The summed E-state index contributed by atoms with van der Waals surface area (Å²) in [5.74, 6) is 1.82. The smallest absolute Gasteiger partial charge is 0.0478 e. The number of benzene rings is 1. The molecule has 1 heterocycles. The highest BCUT2D eigenvalue weighted by Crippen LogP contribution is 2.33. The Bertz CT molecular complexity index is 307. The summed E-state index contributed by atoms with van der Waals surface area (Å²) in [6.45, 7) is 5.57. The molecule has 1 aromatic rings. The Kier molecular flexibility index (Phi) is 2.49. The highest BCUT2D eigenvalue weighted by molar-refractivity contribution is 7.99. The monoisotopic (exact) mass is 193 g/mol. The fourth-order valence-electron chi connectivity index (χ4n) is 1.51. The van der Waals surface area contributed by atoms with Gasteiger partial charge < -0.3 is 5.32 Å². The number of anilines is 1. The molecule has 2 rings (SSSR count). The van der Waals surface area contributed by atoms with Crippen LogP contribution >= 0.6 is 11.8 Å². The normalized spacial score (nSPS) is 15.3. The topological polar surface area (TPSA) is 12.0 Å². The lowest BCUT2D eigenvalue weighted by molar-refractivity contribution is 0.862. The molecule has 1 aliphatic heterocycles. The van der Waals surface area contributed by atoms with E-state index in [1.807, 2.05) is 11.8 Å². The highest BCUT2D eigenvalue weighted by atomic mass is 32.2. The van der Waals surface area contributed by atoms with Crippen LogP contribution in [0.4, 0.5) is 5.69 Å². The van der Waals surface area contributed by atoms with E-state index >= 15 is 0 Å². The van der Waals surface area contributed by atoms with Crippen LogP contribution in [-0.2, 0) is 0 Å². The maximum absolute atomic E-state index is 3.41. The number of hydrogen-bond donors (Lipinski definition) is 1. The molecule has 1 nitrogen and oxygen atoms in total. The van der Waals surface area contributed by atoms with Gasteiger partial charge in [-0.25, -0.2) is 0 Å². The molecule has 1 aliphatic rings. The molecular formula is C11H15NS. The molecule has 0 saturated carbocycles. The van der Waals surface area contributed by atoms with E-state index in [-0.39, 0.29) is 0 Å². The number of thioether (sulfide) groups is 1. The molecule has 13 heavy (non-hydrogen) atoms.